The van der Waals surface area contributed by atoms with Crippen LogP contribution in [-0.4, -0.2) is 22.5 Å². The van der Waals surface area contributed by atoms with E-state index < -0.39 is 11.5 Å². The minimum absolute atomic E-state index is 0.106. The largest absolute Gasteiger partial charge is 0.478 e. The van der Waals surface area contributed by atoms with Crippen molar-refractivity contribution in [3.63, 3.8) is 0 Å². The Labute approximate surface area is 105 Å². The van der Waals surface area contributed by atoms with Crippen molar-refractivity contribution in [3.05, 3.63) is 23.8 Å². The number of nitrogens with one attached hydrogen (secondary N) is 2. The minimum Gasteiger partial charge on any atom is -0.478 e. The Morgan fingerprint density at radius 1 is 1.33 bits per heavy atom. The zero-order valence-corrected chi connectivity index (χ0v) is 10.4. The van der Waals surface area contributed by atoms with Crippen LogP contribution in [0.3, 0.4) is 0 Å². The molecule has 2 rings (SSSR count). The first-order valence-electron chi connectivity index (χ1n) is 6.00. The Kier molecular flexibility index (Phi) is 2.98. The lowest BCUT2D eigenvalue weighted by Gasteiger charge is -2.37. The smallest absolute Gasteiger partial charge is 0.337 e. The molecule has 1 aromatic rings. The lowest BCUT2D eigenvalue weighted by Crippen LogP contribution is -2.51. The van der Waals surface area contributed by atoms with Gasteiger partial charge in [0, 0.05) is 0 Å². The molecule has 0 unspecified atom stereocenters. The Bertz CT molecular complexity index is 507. The molecule has 0 atom stereocenters. The van der Waals surface area contributed by atoms with Gasteiger partial charge in [-0.3, -0.25) is 4.79 Å². The van der Waals surface area contributed by atoms with Gasteiger partial charge in [-0.25, -0.2) is 4.79 Å². The van der Waals surface area contributed by atoms with Crippen LogP contribution < -0.4 is 10.6 Å². The van der Waals surface area contributed by atoms with Gasteiger partial charge in [-0.2, -0.15) is 0 Å². The fourth-order valence-electron chi connectivity index (χ4n) is 2.26. The van der Waals surface area contributed by atoms with Crippen molar-refractivity contribution in [1.29, 1.82) is 0 Å². The van der Waals surface area contributed by atoms with Crippen LogP contribution in [0.5, 0.6) is 0 Å². The highest BCUT2D eigenvalue weighted by Crippen LogP contribution is 2.36. The highest BCUT2D eigenvalue weighted by molar-refractivity contribution is 6.11. The molecule has 0 radical (unpaired) electrons. The average Bonchev–Trinajstić information content (AvgIpc) is 2.37. The number of hydrogen-bond donors (Lipinski definition) is 3. The zero-order valence-electron chi connectivity index (χ0n) is 10.4. The summed E-state index contributed by atoms with van der Waals surface area (Å²) in [6, 6.07) is 4.93. The van der Waals surface area contributed by atoms with Gasteiger partial charge in [-0.05, 0) is 25.0 Å². The number of carbonyl (C=O) groups excluding carboxylic acids is 1. The summed E-state index contributed by atoms with van der Waals surface area (Å²) in [4.78, 5) is 23.3. The number of rotatable bonds is 3. The van der Waals surface area contributed by atoms with Crippen LogP contribution in [0.2, 0.25) is 0 Å². The maximum absolute atomic E-state index is 12.1. The van der Waals surface area contributed by atoms with E-state index in [1.807, 2.05) is 13.8 Å². The van der Waals surface area contributed by atoms with Crippen LogP contribution in [0, 0.1) is 0 Å². The van der Waals surface area contributed by atoms with E-state index in [4.69, 9.17) is 5.11 Å². The highest BCUT2D eigenvalue weighted by atomic mass is 16.4. The molecule has 5 heteroatoms. The van der Waals surface area contributed by atoms with Crippen LogP contribution in [-0.2, 0) is 4.79 Å². The van der Waals surface area contributed by atoms with Gasteiger partial charge in [0.25, 0.3) is 0 Å². The van der Waals surface area contributed by atoms with Gasteiger partial charge >= 0.3 is 5.97 Å². The number of amides is 1. The molecule has 1 aromatic carbocycles. The van der Waals surface area contributed by atoms with E-state index in [-0.39, 0.29) is 11.5 Å². The number of benzene rings is 1. The van der Waals surface area contributed by atoms with Gasteiger partial charge in [-0.15, -0.1) is 0 Å². The predicted octanol–water partition coefficient (Wildman–Crippen LogP) is 2.31. The lowest BCUT2D eigenvalue weighted by atomic mass is 9.88. The third-order valence-corrected chi connectivity index (χ3v) is 3.55. The van der Waals surface area contributed by atoms with E-state index in [1.54, 1.807) is 12.1 Å². The summed E-state index contributed by atoms with van der Waals surface area (Å²) in [6.07, 6.45) is 1.29. The fraction of sp³-hybridized carbons (Fsp3) is 0.385. The zero-order chi connectivity index (χ0) is 13.3. The Morgan fingerprint density at radius 3 is 2.56 bits per heavy atom. The Balaban J connectivity index is 2.51. The predicted molar refractivity (Wildman–Crippen MR) is 69.0 cm³/mol. The van der Waals surface area contributed by atoms with Gasteiger partial charge in [-0.1, -0.05) is 19.9 Å². The molecule has 0 saturated heterocycles. The molecule has 0 aromatic heterocycles. The second-order valence-electron chi connectivity index (χ2n) is 4.40. The topological polar surface area (TPSA) is 78.4 Å². The molecular weight excluding hydrogens is 232 g/mol. The second kappa shape index (κ2) is 4.33. The van der Waals surface area contributed by atoms with Crippen LogP contribution in [0.4, 0.5) is 11.4 Å². The van der Waals surface area contributed by atoms with Gasteiger partial charge in [0.1, 0.15) is 5.54 Å². The van der Waals surface area contributed by atoms with Gasteiger partial charge < -0.3 is 15.7 Å². The summed E-state index contributed by atoms with van der Waals surface area (Å²) in [7, 11) is 0. The van der Waals surface area contributed by atoms with Gasteiger partial charge in [0.2, 0.25) is 5.91 Å². The van der Waals surface area contributed by atoms with E-state index in [2.05, 4.69) is 10.6 Å². The molecule has 18 heavy (non-hydrogen) atoms. The molecule has 1 heterocycles. The molecule has 1 aliphatic heterocycles. The number of anilines is 2. The molecule has 3 N–H and O–H groups in total. The fourth-order valence-corrected chi connectivity index (χ4v) is 2.26. The average molecular weight is 248 g/mol. The van der Waals surface area contributed by atoms with Crippen molar-refractivity contribution in [1.82, 2.24) is 0 Å². The number of para-hydroxylation sites is 1. The van der Waals surface area contributed by atoms with Crippen molar-refractivity contribution >= 4 is 23.3 Å². The Morgan fingerprint density at radius 2 is 2.00 bits per heavy atom. The quantitative estimate of drug-likeness (QED) is 0.767. The monoisotopic (exact) mass is 248 g/mol. The summed E-state index contributed by atoms with van der Waals surface area (Å²) in [6.45, 7) is 3.87. The number of hydrogen-bond acceptors (Lipinski definition) is 3. The van der Waals surface area contributed by atoms with E-state index in [9.17, 15) is 9.59 Å². The summed E-state index contributed by atoms with van der Waals surface area (Å²) in [5, 5.41) is 15.0. The molecular formula is C13H16N2O3. The molecule has 0 saturated carbocycles. The number of carboxylic acid groups (broad SMARTS) is 1. The SMILES string of the molecule is CCC1(CC)Nc2cccc(C(=O)O)c2NC1=O. The molecule has 96 valence electrons. The number of fused-ring (bicyclic) bond motifs is 1. The third-order valence-electron chi connectivity index (χ3n) is 3.55. The van der Waals surface area contributed by atoms with Crippen molar-refractivity contribution in [2.24, 2.45) is 0 Å². The molecule has 1 amide bonds. The van der Waals surface area contributed by atoms with Crippen molar-refractivity contribution < 1.29 is 14.7 Å². The number of carbonyl (C=O) groups is 2. The maximum Gasteiger partial charge on any atom is 0.337 e. The van der Waals surface area contributed by atoms with Crippen LogP contribution in [0.1, 0.15) is 37.0 Å². The molecule has 1 aliphatic rings. The summed E-state index contributed by atoms with van der Waals surface area (Å²) in [5.41, 5.74) is 0.476. The first kappa shape index (κ1) is 12.4. The highest BCUT2D eigenvalue weighted by Gasteiger charge is 2.39. The number of aromatic carboxylic acids is 1. The standard InChI is InChI=1S/C13H16N2O3/c1-3-13(4-2)12(18)14-10-8(11(16)17)6-5-7-9(10)15-13/h5-7,15H,3-4H2,1-2H3,(H,14,18)(H,16,17). The van der Waals surface area contributed by atoms with Crippen LogP contribution in [0.25, 0.3) is 0 Å². The van der Waals surface area contributed by atoms with E-state index >= 15 is 0 Å². The normalized spacial score (nSPS) is 16.4. The summed E-state index contributed by atoms with van der Waals surface area (Å²) in [5.74, 6) is -1.22. The Hall–Kier alpha value is -2.04. The third kappa shape index (κ3) is 1.72. The van der Waals surface area contributed by atoms with Crippen LogP contribution >= 0.6 is 0 Å². The lowest BCUT2D eigenvalue weighted by molar-refractivity contribution is -0.120. The van der Waals surface area contributed by atoms with Crippen molar-refractivity contribution in [3.8, 4) is 0 Å². The first-order valence-corrected chi connectivity index (χ1v) is 6.00. The van der Waals surface area contributed by atoms with E-state index in [1.165, 1.54) is 6.07 Å². The molecule has 5 nitrogen and oxygen atoms in total. The van der Waals surface area contributed by atoms with Crippen molar-refractivity contribution in [2.75, 3.05) is 10.6 Å². The van der Waals surface area contributed by atoms with E-state index in [0.29, 0.717) is 24.2 Å². The van der Waals surface area contributed by atoms with Gasteiger partial charge in [0.05, 0.1) is 16.9 Å². The molecule has 0 spiro atoms. The molecule has 0 bridgehead atoms. The van der Waals surface area contributed by atoms with Gasteiger partial charge in [0.15, 0.2) is 0 Å². The van der Waals surface area contributed by atoms with Crippen molar-refractivity contribution in [2.45, 2.75) is 32.2 Å². The summed E-state index contributed by atoms with van der Waals surface area (Å²) < 4.78 is 0. The first-order chi connectivity index (χ1) is 8.54. The second-order valence-corrected chi connectivity index (χ2v) is 4.40. The molecule has 0 aliphatic carbocycles. The molecule has 0 fully saturated rings. The minimum atomic E-state index is -1.05. The number of carboxylic acids is 1. The summed E-state index contributed by atoms with van der Waals surface area (Å²) >= 11 is 0. The van der Waals surface area contributed by atoms with E-state index in [0.717, 1.165) is 0 Å². The maximum atomic E-state index is 12.1. The van der Waals surface area contributed by atoms with Crippen LogP contribution in [0.15, 0.2) is 18.2 Å².